The zero-order chi connectivity index (χ0) is 27.9. The van der Waals surface area contributed by atoms with E-state index in [0.29, 0.717) is 34.8 Å². The van der Waals surface area contributed by atoms with Crippen molar-refractivity contribution in [1.82, 2.24) is 5.32 Å². The van der Waals surface area contributed by atoms with E-state index in [1.807, 2.05) is 24.3 Å². The van der Waals surface area contributed by atoms with Gasteiger partial charge in [-0.25, -0.2) is 4.79 Å². The van der Waals surface area contributed by atoms with E-state index in [2.05, 4.69) is 16.0 Å². The van der Waals surface area contributed by atoms with Gasteiger partial charge in [-0.2, -0.15) is 0 Å². The Morgan fingerprint density at radius 1 is 1.00 bits per heavy atom. The van der Waals surface area contributed by atoms with Crippen molar-refractivity contribution in [3.05, 3.63) is 83.4 Å². The average molecular weight is 531 g/mol. The standard InChI is InChI=1S/C29H30N4O6/c1-18(34)30-24(17-28(36)37)21-7-5-8-22(16-21)31-27(35)15-19-10-11-23(26(14-19)39-2)32-29(38)33-13-12-20-6-3-4-9-25(20)33/h3-11,14,16,24H,12-13,15,17H2,1-2H3,(H,30,34)(H,31,35)(H,32,38)(H,36,37). The fourth-order valence-corrected chi connectivity index (χ4v) is 4.58. The lowest BCUT2D eigenvalue weighted by Gasteiger charge is -2.19. The molecule has 0 fully saturated rings. The molecule has 39 heavy (non-hydrogen) atoms. The lowest BCUT2D eigenvalue weighted by atomic mass is 10.0. The highest BCUT2D eigenvalue weighted by molar-refractivity contribution is 6.04. The molecule has 1 aliphatic rings. The lowest BCUT2D eigenvalue weighted by molar-refractivity contribution is -0.137. The van der Waals surface area contributed by atoms with Crippen molar-refractivity contribution in [1.29, 1.82) is 0 Å². The summed E-state index contributed by atoms with van der Waals surface area (Å²) in [5.41, 5.74) is 4.21. The molecule has 10 heteroatoms. The van der Waals surface area contributed by atoms with Gasteiger partial charge in [0.15, 0.2) is 0 Å². The number of anilines is 3. The van der Waals surface area contributed by atoms with Crippen LogP contribution in [0.2, 0.25) is 0 Å². The number of carbonyl (C=O) groups excluding carboxylic acids is 3. The van der Waals surface area contributed by atoms with Gasteiger partial charge in [0.05, 0.1) is 31.7 Å². The summed E-state index contributed by atoms with van der Waals surface area (Å²) < 4.78 is 5.48. The van der Waals surface area contributed by atoms with Gasteiger partial charge < -0.3 is 25.8 Å². The number of benzene rings is 3. The van der Waals surface area contributed by atoms with Crippen molar-refractivity contribution in [2.45, 2.75) is 32.2 Å². The first-order valence-electron chi connectivity index (χ1n) is 12.5. The third kappa shape index (κ3) is 6.92. The van der Waals surface area contributed by atoms with Crippen LogP contribution in [0.4, 0.5) is 21.9 Å². The molecule has 1 heterocycles. The monoisotopic (exact) mass is 530 g/mol. The van der Waals surface area contributed by atoms with Gasteiger partial charge in [0.2, 0.25) is 11.8 Å². The number of amides is 4. The van der Waals surface area contributed by atoms with Crippen LogP contribution in [0.3, 0.4) is 0 Å². The molecule has 4 amide bonds. The van der Waals surface area contributed by atoms with Crippen LogP contribution in [-0.2, 0) is 27.2 Å². The number of nitrogens with one attached hydrogen (secondary N) is 3. The molecule has 0 bridgehead atoms. The Hall–Kier alpha value is -4.86. The number of urea groups is 1. The Bertz CT molecular complexity index is 1390. The number of carboxylic acid groups (broad SMARTS) is 1. The van der Waals surface area contributed by atoms with Crippen molar-refractivity contribution >= 4 is 40.9 Å². The number of carbonyl (C=O) groups is 4. The number of para-hydroxylation sites is 1. The molecule has 0 aliphatic carbocycles. The van der Waals surface area contributed by atoms with Gasteiger partial charge in [0.25, 0.3) is 0 Å². The van der Waals surface area contributed by atoms with Gasteiger partial charge in [0, 0.05) is 24.8 Å². The van der Waals surface area contributed by atoms with Crippen LogP contribution in [0.25, 0.3) is 0 Å². The van der Waals surface area contributed by atoms with E-state index in [-0.39, 0.29) is 30.7 Å². The molecular weight excluding hydrogens is 500 g/mol. The molecule has 0 radical (unpaired) electrons. The fourth-order valence-electron chi connectivity index (χ4n) is 4.58. The van der Waals surface area contributed by atoms with Crippen molar-refractivity contribution < 1.29 is 29.0 Å². The SMILES string of the molecule is COc1cc(CC(=O)Nc2cccc(C(CC(=O)O)NC(C)=O)c2)ccc1NC(=O)N1CCc2ccccc21. The molecule has 1 atom stereocenters. The van der Waals surface area contributed by atoms with E-state index in [9.17, 15) is 24.3 Å². The highest BCUT2D eigenvalue weighted by Crippen LogP contribution is 2.30. The second-order valence-corrected chi connectivity index (χ2v) is 9.20. The molecule has 0 saturated carbocycles. The van der Waals surface area contributed by atoms with E-state index in [0.717, 1.165) is 17.7 Å². The number of fused-ring (bicyclic) bond motifs is 1. The largest absolute Gasteiger partial charge is 0.495 e. The molecule has 202 valence electrons. The second-order valence-electron chi connectivity index (χ2n) is 9.20. The third-order valence-electron chi connectivity index (χ3n) is 6.33. The topological polar surface area (TPSA) is 137 Å². The van der Waals surface area contributed by atoms with E-state index in [1.165, 1.54) is 14.0 Å². The summed E-state index contributed by atoms with van der Waals surface area (Å²) in [5.74, 6) is -1.28. The van der Waals surface area contributed by atoms with Crippen LogP contribution in [-0.4, -0.2) is 42.6 Å². The second kappa shape index (κ2) is 12.1. The maximum absolute atomic E-state index is 12.9. The summed E-state index contributed by atoms with van der Waals surface area (Å²) in [6, 6.07) is 18.6. The molecule has 0 spiro atoms. The molecule has 0 saturated heterocycles. The van der Waals surface area contributed by atoms with E-state index >= 15 is 0 Å². The molecule has 4 N–H and O–H groups in total. The van der Waals surface area contributed by atoms with Crippen molar-refractivity contribution in [3.63, 3.8) is 0 Å². The quantitative estimate of drug-likeness (QED) is 0.328. The maximum atomic E-state index is 12.9. The summed E-state index contributed by atoms with van der Waals surface area (Å²) in [5, 5.41) is 17.5. The predicted molar refractivity (Wildman–Crippen MR) is 147 cm³/mol. The zero-order valence-electron chi connectivity index (χ0n) is 21.7. The summed E-state index contributed by atoms with van der Waals surface area (Å²) >= 11 is 0. The third-order valence-corrected chi connectivity index (χ3v) is 6.33. The van der Waals surface area contributed by atoms with Crippen LogP contribution in [0.5, 0.6) is 5.75 Å². The number of rotatable bonds is 9. The van der Waals surface area contributed by atoms with Gasteiger partial charge in [0.1, 0.15) is 5.75 Å². The first-order chi connectivity index (χ1) is 18.7. The number of carboxylic acids is 1. The van der Waals surface area contributed by atoms with Gasteiger partial charge >= 0.3 is 12.0 Å². The van der Waals surface area contributed by atoms with E-state index in [1.54, 1.807) is 47.4 Å². The number of nitrogens with zero attached hydrogens (tertiary/aromatic N) is 1. The molecule has 1 aliphatic heterocycles. The summed E-state index contributed by atoms with van der Waals surface area (Å²) in [6.07, 6.45) is 0.549. The van der Waals surface area contributed by atoms with E-state index < -0.39 is 12.0 Å². The van der Waals surface area contributed by atoms with Crippen molar-refractivity contribution in [3.8, 4) is 5.75 Å². The van der Waals surface area contributed by atoms with Crippen molar-refractivity contribution in [2.75, 3.05) is 29.2 Å². The smallest absolute Gasteiger partial charge is 0.326 e. The highest BCUT2D eigenvalue weighted by atomic mass is 16.5. The summed E-state index contributed by atoms with van der Waals surface area (Å²) in [7, 11) is 1.49. The van der Waals surface area contributed by atoms with Crippen LogP contribution < -0.4 is 25.6 Å². The Balaban J connectivity index is 1.41. The molecule has 4 rings (SSSR count). The number of ether oxygens (including phenoxy) is 1. The average Bonchev–Trinajstić information content (AvgIpc) is 3.33. The molecule has 10 nitrogen and oxygen atoms in total. The van der Waals surface area contributed by atoms with Crippen LogP contribution >= 0.6 is 0 Å². The molecular formula is C29H30N4O6. The number of hydrogen-bond acceptors (Lipinski definition) is 5. The summed E-state index contributed by atoms with van der Waals surface area (Å²) in [4.78, 5) is 50.2. The van der Waals surface area contributed by atoms with Gasteiger partial charge in [-0.05, 0) is 53.4 Å². The van der Waals surface area contributed by atoms with Gasteiger partial charge in [-0.1, -0.05) is 36.4 Å². The van der Waals surface area contributed by atoms with Crippen LogP contribution in [0, 0.1) is 0 Å². The number of methoxy groups -OCH3 is 1. The molecule has 1 unspecified atom stereocenters. The van der Waals surface area contributed by atoms with Gasteiger partial charge in [-0.15, -0.1) is 0 Å². The first kappa shape index (κ1) is 27.2. The Morgan fingerprint density at radius 3 is 2.54 bits per heavy atom. The van der Waals surface area contributed by atoms with Gasteiger partial charge in [-0.3, -0.25) is 19.3 Å². The predicted octanol–water partition coefficient (Wildman–Crippen LogP) is 4.12. The first-order valence-corrected chi connectivity index (χ1v) is 12.5. The minimum absolute atomic E-state index is 0.0402. The highest BCUT2D eigenvalue weighted by Gasteiger charge is 2.25. The Labute approximate surface area is 226 Å². The Morgan fingerprint density at radius 2 is 1.79 bits per heavy atom. The fraction of sp³-hybridized carbons (Fsp3) is 0.241. The minimum atomic E-state index is -1.05. The van der Waals surface area contributed by atoms with Crippen molar-refractivity contribution in [2.24, 2.45) is 0 Å². The van der Waals surface area contributed by atoms with E-state index in [4.69, 9.17) is 4.74 Å². The van der Waals surface area contributed by atoms with Crippen LogP contribution in [0.15, 0.2) is 66.7 Å². The molecule has 3 aromatic carbocycles. The summed E-state index contributed by atoms with van der Waals surface area (Å²) in [6.45, 7) is 1.91. The molecule has 3 aromatic rings. The Kier molecular flexibility index (Phi) is 8.45. The van der Waals surface area contributed by atoms with Crippen LogP contribution in [0.1, 0.15) is 36.1 Å². The zero-order valence-corrected chi connectivity index (χ0v) is 21.7. The minimum Gasteiger partial charge on any atom is -0.495 e. The lowest BCUT2D eigenvalue weighted by Crippen LogP contribution is -2.33. The maximum Gasteiger partial charge on any atom is 0.326 e. The number of aliphatic carboxylic acids is 1. The normalized spacial score (nSPS) is 12.7. The number of hydrogen-bond donors (Lipinski definition) is 4. The molecule has 0 aromatic heterocycles.